The van der Waals surface area contributed by atoms with E-state index in [0.717, 1.165) is 34.6 Å². The fraction of sp³-hybridized carbons (Fsp3) is 0.143. The Bertz CT molecular complexity index is 4140. The first kappa shape index (κ1) is 46.1. The van der Waals surface area contributed by atoms with Crippen molar-refractivity contribution < 1.29 is 0 Å². The zero-order chi connectivity index (χ0) is 52.4. The molecule has 0 heterocycles. The molecule has 0 aromatic heterocycles. The summed E-state index contributed by atoms with van der Waals surface area (Å²) in [4.78, 5) is 5.07. The highest BCUT2D eigenvalue weighted by molar-refractivity contribution is 6.07. The van der Waals surface area contributed by atoms with Gasteiger partial charge in [-0.3, -0.25) is 0 Å². The van der Waals surface area contributed by atoms with Gasteiger partial charge in [0.2, 0.25) is 0 Å². The molecule has 2 nitrogen and oxygen atoms in total. The molecule has 5 aliphatic carbocycles. The number of rotatable bonds is 9. The summed E-state index contributed by atoms with van der Waals surface area (Å²) in [5.74, 6) is 2.34. The Morgan fingerprint density at radius 3 is 1.49 bits per heavy atom. The van der Waals surface area contributed by atoms with Gasteiger partial charge in [-0.1, -0.05) is 220 Å². The Morgan fingerprint density at radius 1 is 0.342 bits per heavy atom. The molecule has 4 atom stereocenters. The normalized spacial score (nSPS) is 19.1. The van der Waals surface area contributed by atoms with Crippen LogP contribution >= 0.6 is 0 Å². The van der Waals surface area contributed by atoms with Crippen LogP contribution in [0, 0.1) is 11.8 Å². The third-order valence-electron chi connectivity index (χ3n) is 19.1. The highest BCUT2D eigenvalue weighted by atomic mass is 15.2. The standard InChI is InChI=1S/C77H60N2/c1-76(2)67-32-18-15-29-60(67)65-47-58(41-43-68(65)76)78(55-23-9-4-10-24-55)73-49-66-61-30-16-19-33-69(61)77(72(66)48-64(73)53-39-37-52(38-40-53)63-46-50-35-36-54(63)45-50)70-34-20-17-31-62(70)74-71(77)44-42-59(51-21-7-3-8-22-51)75(74)79(56-25-11-5-12-26-56)57-27-13-6-14-28-57/h3-34,37-44,47-50,54,63H,35-36,45-46H2,1-2H3. The third kappa shape index (κ3) is 6.83. The summed E-state index contributed by atoms with van der Waals surface area (Å²) in [7, 11) is 0. The minimum Gasteiger partial charge on any atom is -0.310 e. The van der Waals surface area contributed by atoms with Gasteiger partial charge < -0.3 is 9.80 Å². The van der Waals surface area contributed by atoms with E-state index < -0.39 is 5.41 Å². The summed E-state index contributed by atoms with van der Waals surface area (Å²) in [6.45, 7) is 4.76. The highest BCUT2D eigenvalue weighted by Gasteiger charge is 2.53. The van der Waals surface area contributed by atoms with Crippen molar-refractivity contribution in [3.05, 3.63) is 300 Å². The zero-order valence-electron chi connectivity index (χ0n) is 44.8. The number of nitrogens with zero attached hydrogens (tertiary/aromatic N) is 2. The van der Waals surface area contributed by atoms with Crippen molar-refractivity contribution in [2.24, 2.45) is 11.8 Å². The third-order valence-corrected chi connectivity index (χ3v) is 19.1. The van der Waals surface area contributed by atoms with E-state index in [4.69, 9.17) is 0 Å². The molecule has 378 valence electrons. The molecule has 11 aromatic rings. The molecule has 0 saturated heterocycles. The van der Waals surface area contributed by atoms with Crippen LogP contribution < -0.4 is 9.80 Å². The van der Waals surface area contributed by atoms with Crippen molar-refractivity contribution in [2.45, 2.75) is 56.3 Å². The number of hydrogen-bond donors (Lipinski definition) is 0. The monoisotopic (exact) mass is 1010 g/mol. The topological polar surface area (TPSA) is 6.48 Å². The second-order valence-corrected chi connectivity index (χ2v) is 23.5. The molecule has 2 bridgehead atoms. The second-order valence-electron chi connectivity index (χ2n) is 23.5. The second kappa shape index (κ2) is 17.8. The Morgan fingerprint density at radius 2 is 0.861 bits per heavy atom. The number of benzene rings is 11. The van der Waals surface area contributed by atoms with E-state index in [2.05, 4.69) is 285 Å². The van der Waals surface area contributed by atoms with Crippen LogP contribution in [0.3, 0.4) is 0 Å². The molecule has 4 unspecified atom stereocenters. The Balaban J connectivity index is 0.992. The first-order valence-corrected chi connectivity index (χ1v) is 28.7. The van der Waals surface area contributed by atoms with E-state index in [0.29, 0.717) is 5.92 Å². The van der Waals surface area contributed by atoms with Crippen LogP contribution in [-0.2, 0) is 10.8 Å². The van der Waals surface area contributed by atoms with Gasteiger partial charge in [0, 0.05) is 44.9 Å². The van der Waals surface area contributed by atoms with Crippen LogP contribution in [0.4, 0.5) is 34.1 Å². The molecule has 1 spiro atoms. The van der Waals surface area contributed by atoms with Gasteiger partial charge >= 0.3 is 0 Å². The van der Waals surface area contributed by atoms with Gasteiger partial charge in [0.1, 0.15) is 0 Å². The molecule has 2 fully saturated rings. The predicted octanol–water partition coefficient (Wildman–Crippen LogP) is 20.5. The van der Waals surface area contributed by atoms with Crippen LogP contribution in [-0.4, -0.2) is 0 Å². The average Bonchev–Trinajstić information content (AvgIpc) is 3.85. The van der Waals surface area contributed by atoms with Gasteiger partial charge in [0.15, 0.2) is 0 Å². The maximum Gasteiger partial charge on any atom is 0.0726 e. The van der Waals surface area contributed by atoms with Gasteiger partial charge in [0.25, 0.3) is 0 Å². The summed E-state index contributed by atoms with van der Waals surface area (Å²) in [5, 5.41) is 0. The minimum atomic E-state index is -0.641. The van der Waals surface area contributed by atoms with Gasteiger partial charge in [-0.2, -0.15) is 0 Å². The lowest BCUT2D eigenvalue weighted by molar-refractivity contribution is 0.420. The van der Waals surface area contributed by atoms with Gasteiger partial charge in [-0.25, -0.2) is 0 Å². The highest BCUT2D eigenvalue weighted by Crippen LogP contribution is 2.67. The number of fused-ring (bicyclic) bond motifs is 15. The van der Waals surface area contributed by atoms with Crippen LogP contribution in [0.2, 0.25) is 0 Å². The quantitative estimate of drug-likeness (QED) is 0.142. The first-order chi connectivity index (χ1) is 38.9. The lowest BCUT2D eigenvalue weighted by Crippen LogP contribution is -2.26. The van der Waals surface area contributed by atoms with E-state index in [1.165, 1.54) is 132 Å². The molecule has 0 N–H and O–H groups in total. The lowest BCUT2D eigenvalue weighted by atomic mass is 9.70. The average molecular weight is 1010 g/mol. The van der Waals surface area contributed by atoms with Crippen molar-refractivity contribution in [3.8, 4) is 55.6 Å². The molecule has 2 heteroatoms. The van der Waals surface area contributed by atoms with Crippen molar-refractivity contribution in [1.82, 2.24) is 0 Å². The maximum atomic E-state index is 2.63. The predicted molar refractivity (Wildman–Crippen MR) is 329 cm³/mol. The Labute approximate surface area is 465 Å². The molecule has 0 radical (unpaired) electrons. The van der Waals surface area contributed by atoms with Gasteiger partial charge in [0.05, 0.1) is 16.8 Å². The van der Waals surface area contributed by atoms with E-state index >= 15 is 0 Å². The smallest absolute Gasteiger partial charge is 0.0726 e. The lowest BCUT2D eigenvalue weighted by Gasteiger charge is -2.34. The van der Waals surface area contributed by atoms with E-state index in [1.807, 2.05) is 0 Å². The Hall–Kier alpha value is -8.98. The maximum absolute atomic E-state index is 2.63. The molecule has 5 aliphatic rings. The molecule has 79 heavy (non-hydrogen) atoms. The minimum absolute atomic E-state index is 0.103. The molecule has 11 aromatic carbocycles. The first-order valence-electron chi connectivity index (χ1n) is 28.7. The summed E-state index contributed by atoms with van der Waals surface area (Å²) in [5.41, 5.74) is 28.2. The van der Waals surface area contributed by atoms with Crippen LogP contribution in [0.25, 0.3) is 55.6 Å². The summed E-state index contributed by atoms with van der Waals surface area (Å²) in [6.07, 6.45) is 5.49. The molecule has 0 amide bonds. The van der Waals surface area contributed by atoms with E-state index in [1.54, 1.807) is 0 Å². The molecular weight excluding hydrogens is 953 g/mol. The van der Waals surface area contributed by atoms with E-state index in [-0.39, 0.29) is 5.41 Å². The van der Waals surface area contributed by atoms with Crippen LogP contribution in [0.15, 0.2) is 261 Å². The van der Waals surface area contributed by atoms with Crippen molar-refractivity contribution in [1.29, 1.82) is 0 Å². The SMILES string of the molecule is CC1(C)c2ccccc2-c2cc(N(c3ccccc3)c3cc4c(cc3-c3ccc(C5CC6CCC5C6)cc3)C3(c5ccccc5-4)c4ccccc4-c4c3ccc(-c3ccccc3)c4N(c3ccccc3)c3ccccc3)ccc21. The zero-order valence-corrected chi connectivity index (χ0v) is 44.8. The summed E-state index contributed by atoms with van der Waals surface area (Å²) in [6, 6.07) is 99.0. The van der Waals surface area contributed by atoms with Crippen LogP contribution in [0.5, 0.6) is 0 Å². The van der Waals surface area contributed by atoms with Crippen molar-refractivity contribution in [2.75, 3.05) is 9.80 Å². The molecular formula is C77H60N2. The fourth-order valence-electron chi connectivity index (χ4n) is 15.7. The van der Waals surface area contributed by atoms with Crippen molar-refractivity contribution in [3.63, 3.8) is 0 Å². The number of para-hydroxylation sites is 3. The molecule has 0 aliphatic heterocycles. The molecule has 16 rings (SSSR count). The van der Waals surface area contributed by atoms with Gasteiger partial charge in [-0.05, 0) is 176 Å². The summed E-state index contributed by atoms with van der Waals surface area (Å²) >= 11 is 0. The summed E-state index contributed by atoms with van der Waals surface area (Å²) < 4.78 is 0. The largest absolute Gasteiger partial charge is 0.310 e. The molecule has 2 saturated carbocycles. The fourth-order valence-corrected chi connectivity index (χ4v) is 15.7. The van der Waals surface area contributed by atoms with Gasteiger partial charge in [-0.15, -0.1) is 0 Å². The van der Waals surface area contributed by atoms with Crippen molar-refractivity contribution >= 4 is 34.1 Å². The number of hydrogen-bond acceptors (Lipinski definition) is 2. The number of anilines is 6. The Kier molecular flexibility index (Phi) is 10.4. The van der Waals surface area contributed by atoms with E-state index in [9.17, 15) is 0 Å². The van der Waals surface area contributed by atoms with Crippen LogP contribution in [0.1, 0.15) is 84.4 Å².